The number of fused-ring (bicyclic) bond motifs is 1. The highest BCUT2D eigenvalue weighted by atomic mass is 35.5. The van der Waals surface area contributed by atoms with Crippen LogP contribution >= 0.6 is 11.6 Å². The number of ether oxygens (including phenoxy) is 1. The Kier molecular flexibility index (Phi) is 3.36. The Labute approximate surface area is 111 Å². The highest BCUT2D eigenvalue weighted by Gasteiger charge is 2.33. The molecule has 19 heavy (non-hydrogen) atoms. The molecule has 1 aromatic heterocycles. The standard InChI is InChI=1S/C12H7ClF3NO2/c1-19-11(18)6-2-3-8-7(4-6)5-9(12(14,15)16)17-10(8)13/h2-5H,1H3. The summed E-state index contributed by atoms with van der Waals surface area (Å²) in [4.78, 5) is 14.6. The molecule has 0 saturated carbocycles. The lowest BCUT2D eigenvalue weighted by Crippen LogP contribution is -2.08. The zero-order chi connectivity index (χ0) is 14.2. The van der Waals surface area contributed by atoms with E-state index in [0.29, 0.717) is 5.39 Å². The van der Waals surface area contributed by atoms with Gasteiger partial charge in [0.05, 0.1) is 12.7 Å². The number of nitrogens with zero attached hydrogens (tertiary/aromatic N) is 1. The zero-order valence-corrected chi connectivity index (χ0v) is 10.3. The van der Waals surface area contributed by atoms with Crippen LogP contribution in [0.2, 0.25) is 5.15 Å². The molecule has 0 spiro atoms. The van der Waals surface area contributed by atoms with Crippen molar-refractivity contribution in [2.45, 2.75) is 6.18 Å². The van der Waals surface area contributed by atoms with Gasteiger partial charge in [-0.2, -0.15) is 13.2 Å². The first-order valence-corrected chi connectivity index (χ1v) is 5.46. The van der Waals surface area contributed by atoms with E-state index in [1.54, 1.807) is 0 Å². The average Bonchev–Trinajstić information content (AvgIpc) is 2.36. The summed E-state index contributed by atoms with van der Waals surface area (Å²) in [6.07, 6.45) is -4.60. The predicted octanol–water partition coefficient (Wildman–Crippen LogP) is 3.69. The number of halogens is 4. The Morgan fingerprint density at radius 2 is 2.00 bits per heavy atom. The Morgan fingerprint density at radius 1 is 1.32 bits per heavy atom. The number of pyridine rings is 1. The normalized spacial score (nSPS) is 11.6. The van der Waals surface area contributed by atoms with Crippen LogP contribution in [-0.4, -0.2) is 18.1 Å². The highest BCUT2D eigenvalue weighted by Crippen LogP contribution is 2.32. The van der Waals surface area contributed by atoms with Gasteiger partial charge in [-0.15, -0.1) is 0 Å². The molecule has 0 bridgehead atoms. The second-order valence-corrected chi connectivity index (χ2v) is 4.08. The number of benzene rings is 1. The molecule has 0 amide bonds. The fourth-order valence-corrected chi connectivity index (χ4v) is 1.87. The summed E-state index contributed by atoms with van der Waals surface area (Å²) in [7, 11) is 1.19. The molecule has 0 N–H and O–H groups in total. The molecule has 1 aromatic carbocycles. The minimum atomic E-state index is -4.60. The zero-order valence-electron chi connectivity index (χ0n) is 9.58. The number of hydrogen-bond donors (Lipinski definition) is 0. The van der Waals surface area contributed by atoms with E-state index in [9.17, 15) is 18.0 Å². The minimum Gasteiger partial charge on any atom is -0.465 e. The van der Waals surface area contributed by atoms with E-state index in [2.05, 4.69) is 9.72 Å². The fourth-order valence-electron chi connectivity index (χ4n) is 1.61. The molecule has 100 valence electrons. The largest absolute Gasteiger partial charge is 0.465 e. The van der Waals surface area contributed by atoms with Crippen LogP contribution in [0.15, 0.2) is 24.3 Å². The third-order valence-electron chi connectivity index (χ3n) is 2.50. The maximum atomic E-state index is 12.6. The van der Waals surface area contributed by atoms with Gasteiger partial charge in [-0.05, 0) is 23.6 Å². The summed E-state index contributed by atoms with van der Waals surface area (Å²) in [6.45, 7) is 0. The van der Waals surface area contributed by atoms with Crippen molar-refractivity contribution in [2.24, 2.45) is 0 Å². The topological polar surface area (TPSA) is 39.2 Å². The number of methoxy groups -OCH3 is 1. The third kappa shape index (κ3) is 2.63. The van der Waals surface area contributed by atoms with Crippen LogP contribution in [0.1, 0.15) is 16.1 Å². The molecule has 0 aliphatic carbocycles. The lowest BCUT2D eigenvalue weighted by atomic mass is 10.1. The molecule has 0 atom stereocenters. The van der Waals surface area contributed by atoms with Gasteiger partial charge in [-0.3, -0.25) is 0 Å². The summed E-state index contributed by atoms with van der Waals surface area (Å²) < 4.78 is 42.3. The van der Waals surface area contributed by atoms with Crippen LogP contribution in [0.5, 0.6) is 0 Å². The molecular weight excluding hydrogens is 283 g/mol. The summed E-state index contributed by atoms with van der Waals surface area (Å²) >= 11 is 5.71. The Hall–Kier alpha value is -1.82. The van der Waals surface area contributed by atoms with Crippen molar-refractivity contribution in [3.8, 4) is 0 Å². The maximum Gasteiger partial charge on any atom is 0.433 e. The van der Waals surface area contributed by atoms with Gasteiger partial charge in [-0.25, -0.2) is 9.78 Å². The van der Waals surface area contributed by atoms with Crippen molar-refractivity contribution in [3.63, 3.8) is 0 Å². The molecule has 1 heterocycles. The number of esters is 1. The number of carbonyl (C=O) groups excluding carboxylic acids is 1. The molecular formula is C12H7ClF3NO2. The second kappa shape index (κ2) is 4.70. The number of hydrogen-bond acceptors (Lipinski definition) is 3. The molecule has 2 rings (SSSR count). The van der Waals surface area contributed by atoms with Gasteiger partial charge in [0.25, 0.3) is 0 Å². The molecule has 0 aliphatic rings. The van der Waals surface area contributed by atoms with Crippen molar-refractivity contribution in [1.29, 1.82) is 0 Å². The maximum absolute atomic E-state index is 12.6. The van der Waals surface area contributed by atoms with E-state index in [-0.39, 0.29) is 16.1 Å². The Bertz CT molecular complexity index is 655. The highest BCUT2D eigenvalue weighted by molar-refractivity contribution is 6.34. The van der Waals surface area contributed by atoms with E-state index < -0.39 is 17.8 Å². The van der Waals surface area contributed by atoms with Crippen LogP contribution in [0.3, 0.4) is 0 Å². The number of carbonyl (C=O) groups is 1. The van der Waals surface area contributed by atoms with E-state index in [1.807, 2.05) is 0 Å². The van der Waals surface area contributed by atoms with Crippen LogP contribution in [0.4, 0.5) is 13.2 Å². The van der Waals surface area contributed by atoms with Crippen molar-refractivity contribution in [2.75, 3.05) is 7.11 Å². The molecule has 0 radical (unpaired) electrons. The molecule has 2 aromatic rings. The van der Waals surface area contributed by atoms with Gasteiger partial charge in [0.2, 0.25) is 0 Å². The Morgan fingerprint density at radius 3 is 2.58 bits per heavy atom. The van der Waals surface area contributed by atoms with E-state index >= 15 is 0 Å². The minimum absolute atomic E-state index is 0.144. The van der Waals surface area contributed by atoms with Crippen molar-refractivity contribution >= 4 is 28.3 Å². The van der Waals surface area contributed by atoms with Crippen LogP contribution in [0, 0.1) is 0 Å². The average molecular weight is 290 g/mol. The van der Waals surface area contributed by atoms with E-state index in [1.165, 1.54) is 25.3 Å². The summed E-state index contributed by atoms with van der Waals surface area (Å²) in [5, 5.41) is 0.249. The van der Waals surface area contributed by atoms with Crippen LogP contribution in [-0.2, 0) is 10.9 Å². The first-order chi connectivity index (χ1) is 8.82. The fraction of sp³-hybridized carbons (Fsp3) is 0.167. The third-order valence-corrected chi connectivity index (χ3v) is 2.78. The van der Waals surface area contributed by atoms with Gasteiger partial charge in [0.15, 0.2) is 0 Å². The molecule has 0 unspecified atom stereocenters. The lowest BCUT2D eigenvalue weighted by Gasteiger charge is -2.09. The van der Waals surface area contributed by atoms with Gasteiger partial charge in [0, 0.05) is 5.39 Å². The van der Waals surface area contributed by atoms with Gasteiger partial charge < -0.3 is 4.74 Å². The van der Waals surface area contributed by atoms with Gasteiger partial charge >= 0.3 is 12.1 Å². The van der Waals surface area contributed by atoms with Gasteiger partial charge in [-0.1, -0.05) is 17.7 Å². The van der Waals surface area contributed by atoms with E-state index in [4.69, 9.17) is 11.6 Å². The smallest absolute Gasteiger partial charge is 0.433 e. The first-order valence-electron chi connectivity index (χ1n) is 5.09. The SMILES string of the molecule is COC(=O)c1ccc2c(Cl)nc(C(F)(F)F)cc2c1. The van der Waals surface area contributed by atoms with Gasteiger partial charge in [0.1, 0.15) is 10.8 Å². The van der Waals surface area contributed by atoms with E-state index in [0.717, 1.165) is 6.07 Å². The summed E-state index contributed by atoms with van der Waals surface area (Å²) in [5.41, 5.74) is -0.961. The second-order valence-electron chi connectivity index (χ2n) is 3.72. The number of aromatic nitrogens is 1. The Balaban J connectivity index is 2.67. The number of rotatable bonds is 1. The van der Waals surface area contributed by atoms with Crippen molar-refractivity contribution in [1.82, 2.24) is 4.98 Å². The molecule has 0 fully saturated rings. The molecule has 0 saturated heterocycles. The van der Waals surface area contributed by atoms with Crippen molar-refractivity contribution < 1.29 is 22.7 Å². The summed E-state index contributed by atoms with van der Waals surface area (Å²) in [6, 6.07) is 4.96. The molecule has 0 aliphatic heterocycles. The summed E-state index contributed by atoms with van der Waals surface area (Å²) in [5.74, 6) is -0.636. The van der Waals surface area contributed by atoms with Crippen molar-refractivity contribution in [3.05, 3.63) is 40.7 Å². The number of alkyl halides is 3. The lowest BCUT2D eigenvalue weighted by molar-refractivity contribution is -0.141. The van der Waals surface area contributed by atoms with Crippen LogP contribution < -0.4 is 0 Å². The molecule has 7 heteroatoms. The molecule has 3 nitrogen and oxygen atoms in total. The monoisotopic (exact) mass is 289 g/mol. The first kappa shape index (κ1) is 13.6. The van der Waals surface area contributed by atoms with Crippen LogP contribution in [0.25, 0.3) is 10.8 Å². The predicted molar refractivity (Wildman–Crippen MR) is 63.1 cm³/mol. The quantitative estimate of drug-likeness (QED) is 0.593.